The highest BCUT2D eigenvalue weighted by Crippen LogP contribution is 2.05. The highest BCUT2D eigenvalue weighted by molar-refractivity contribution is 5.79. The maximum absolute atomic E-state index is 5.11. The fraction of sp³-hybridized carbons (Fsp3) is 0. The topological polar surface area (TPSA) is 55.7 Å². The standard InChI is InChI=1S/C16H12N4/c17-19-11-14-6-4-13(5-7-14)8-9-15-12-18-16-3-1-2-10-20(15)16/h1-7,10-12H,17H2/b19-11+. The molecule has 2 aromatic heterocycles. The van der Waals surface area contributed by atoms with Crippen molar-refractivity contribution in [3.63, 3.8) is 0 Å². The summed E-state index contributed by atoms with van der Waals surface area (Å²) in [5.74, 6) is 11.4. The molecule has 1 aromatic carbocycles. The van der Waals surface area contributed by atoms with Gasteiger partial charge in [0.25, 0.3) is 0 Å². The van der Waals surface area contributed by atoms with Crippen molar-refractivity contribution in [1.82, 2.24) is 9.38 Å². The molecule has 2 heterocycles. The number of hydrogen-bond acceptors (Lipinski definition) is 3. The van der Waals surface area contributed by atoms with E-state index in [1.165, 1.54) is 0 Å². The Kier molecular flexibility index (Phi) is 3.17. The highest BCUT2D eigenvalue weighted by atomic mass is 15.1. The molecule has 0 fully saturated rings. The van der Waals surface area contributed by atoms with Gasteiger partial charge in [0.1, 0.15) is 11.3 Å². The van der Waals surface area contributed by atoms with E-state index in [1.807, 2.05) is 53.1 Å². The predicted molar refractivity (Wildman–Crippen MR) is 79.4 cm³/mol. The van der Waals surface area contributed by atoms with Crippen LogP contribution in [0, 0.1) is 11.8 Å². The van der Waals surface area contributed by atoms with E-state index in [9.17, 15) is 0 Å². The van der Waals surface area contributed by atoms with Crippen molar-refractivity contribution in [2.45, 2.75) is 0 Å². The van der Waals surface area contributed by atoms with Gasteiger partial charge in [0.2, 0.25) is 0 Å². The molecular formula is C16H12N4. The van der Waals surface area contributed by atoms with Crippen molar-refractivity contribution in [3.05, 3.63) is 71.7 Å². The molecule has 3 rings (SSSR count). The number of hydrogen-bond donors (Lipinski definition) is 1. The first kappa shape index (κ1) is 12.0. The monoisotopic (exact) mass is 260 g/mol. The fourth-order valence-corrected chi connectivity index (χ4v) is 1.90. The number of nitrogens with zero attached hydrogens (tertiary/aromatic N) is 3. The predicted octanol–water partition coefficient (Wildman–Crippen LogP) is 2.03. The van der Waals surface area contributed by atoms with Gasteiger partial charge in [-0.05, 0) is 35.7 Å². The lowest BCUT2D eigenvalue weighted by molar-refractivity contribution is 1.16. The number of nitrogens with two attached hydrogens (primary N) is 1. The summed E-state index contributed by atoms with van der Waals surface area (Å²) < 4.78 is 1.96. The van der Waals surface area contributed by atoms with Crippen LogP contribution < -0.4 is 5.84 Å². The van der Waals surface area contributed by atoms with Crippen LogP contribution in [0.4, 0.5) is 0 Å². The summed E-state index contributed by atoms with van der Waals surface area (Å²) in [4.78, 5) is 4.30. The molecule has 3 aromatic rings. The minimum atomic E-state index is 0.869. The number of fused-ring (bicyclic) bond motifs is 1. The van der Waals surface area contributed by atoms with Crippen molar-refractivity contribution >= 4 is 11.9 Å². The Hall–Kier alpha value is -3.06. The van der Waals surface area contributed by atoms with Gasteiger partial charge < -0.3 is 5.84 Å². The molecule has 0 bridgehead atoms. The van der Waals surface area contributed by atoms with Crippen LogP contribution in [0.5, 0.6) is 0 Å². The molecule has 0 aliphatic rings. The third-order valence-corrected chi connectivity index (χ3v) is 2.89. The summed E-state index contributed by atoms with van der Waals surface area (Å²) in [6, 6.07) is 13.6. The highest BCUT2D eigenvalue weighted by Gasteiger charge is 1.97. The Balaban J connectivity index is 1.91. The number of benzene rings is 1. The van der Waals surface area contributed by atoms with Crippen molar-refractivity contribution in [1.29, 1.82) is 0 Å². The molecule has 96 valence electrons. The Morgan fingerprint density at radius 1 is 1.10 bits per heavy atom. The van der Waals surface area contributed by atoms with Crippen molar-refractivity contribution in [3.8, 4) is 11.8 Å². The van der Waals surface area contributed by atoms with E-state index in [-0.39, 0.29) is 0 Å². The number of hydrazone groups is 1. The first-order valence-corrected chi connectivity index (χ1v) is 6.14. The molecular weight excluding hydrogens is 248 g/mol. The van der Waals surface area contributed by atoms with Crippen LogP contribution in [0.2, 0.25) is 0 Å². The normalized spacial score (nSPS) is 10.6. The van der Waals surface area contributed by atoms with Gasteiger partial charge in [-0.15, -0.1) is 0 Å². The van der Waals surface area contributed by atoms with Gasteiger partial charge in [0.15, 0.2) is 0 Å². The summed E-state index contributed by atoms with van der Waals surface area (Å²) in [5.41, 5.74) is 3.65. The van der Waals surface area contributed by atoms with Crippen LogP contribution in [0.3, 0.4) is 0 Å². The number of aromatic nitrogens is 2. The fourth-order valence-electron chi connectivity index (χ4n) is 1.90. The van der Waals surface area contributed by atoms with Gasteiger partial charge in [-0.25, -0.2) is 4.98 Å². The Morgan fingerprint density at radius 2 is 1.95 bits per heavy atom. The van der Waals surface area contributed by atoms with Crippen molar-refractivity contribution in [2.24, 2.45) is 10.9 Å². The SMILES string of the molecule is N/N=C/c1ccc(C#Cc2cnc3ccccn23)cc1. The molecule has 0 aliphatic heterocycles. The molecule has 0 amide bonds. The summed E-state index contributed by atoms with van der Waals surface area (Å²) in [5, 5.41) is 3.48. The van der Waals surface area contributed by atoms with Gasteiger partial charge in [-0.3, -0.25) is 4.40 Å². The molecule has 20 heavy (non-hydrogen) atoms. The van der Waals surface area contributed by atoms with E-state index in [4.69, 9.17) is 5.84 Å². The van der Waals surface area contributed by atoms with E-state index in [0.717, 1.165) is 22.5 Å². The molecule has 0 saturated carbocycles. The molecule has 0 saturated heterocycles. The average molecular weight is 260 g/mol. The molecule has 4 nitrogen and oxygen atoms in total. The quantitative estimate of drug-likeness (QED) is 0.315. The third-order valence-electron chi connectivity index (χ3n) is 2.89. The van der Waals surface area contributed by atoms with E-state index in [1.54, 1.807) is 12.4 Å². The zero-order chi connectivity index (χ0) is 13.8. The Morgan fingerprint density at radius 3 is 2.75 bits per heavy atom. The minimum absolute atomic E-state index is 0.869. The third kappa shape index (κ3) is 2.38. The van der Waals surface area contributed by atoms with E-state index in [2.05, 4.69) is 21.9 Å². The van der Waals surface area contributed by atoms with Crippen molar-refractivity contribution < 1.29 is 0 Å². The van der Waals surface area contributed by atoms with E-state index in [0.29, 0.717) is 0 Å². The lowest BCUT2D eigenvalue weighted by atomic mass is 10.1. The molecule has 0 unspecified atom stereocenters. The van der Waals surface area contributed by atoms with Crippen LogP contribution in [0.25, 0.3) is 5.65 Å². The summed E-state index contributed by atoms with van der Waals surface area (Å²) >= 11 is 0. The van der Waals surface area contributed by atoms with Gasteiger partial charge in [0, 0.05) is 11.8 Å². The zero-order valence-corrected chi connectivity index (χ0v) is 10.7. The maximum atomic E-state index is 5.11. The van der Waals surface area contributed by atoms with Gasteiger partial charge in [-0.2, -0.15) is 5.10 Å². The largest absolute Gasteiger partial charge is 0.323 e. The Labute approximate surface area is 116 Å². The molecule has 0 radical (unpaired) electrons. The van der Waals surface area contributed by atoms with Crippen LogP contribution in [0.15, 0.2) is 60.0 Å². The lowest BCUT2D eigenvalue weighted by Crippen LogP contribution is -1.87. The minimum Gasteiger partial charge on any atom is -0.323 e. The number of imidazole rings is 1. The number of pyridine rings is 1. The first-order valence-electron chi connectivity index (χ1n) is 6.14. The Bertz CT molecular complexity index is 817. The van der Waals surface area contributed by atoms with Crippen LogP contribution in [-0.2, 0) is 0 Å². The lowest BCUT2D eigenvalue weighted by Gasteiger charge is -1.94. The van der Waals surface area contributed by atoms with Crippen LogP contribution >= 0.6 is 0 Å². The molecule has 0 aliphatic carbocycles. The summed E-state index contributed by atoms with van der Waals surface area (Å²) in [7, 11) is 0. The van der Waals surface area contributed by atoms with Gasteiger partial charge in [-0.1, -0.05) is 24.1 Å². The van der Waals surface area contributed by atoms with Gasteiger partial charge >= 0.3 is 0 Å². The van der Waals surface area contributed by atoms with Crippen molar-refractivity contribution in [2.75, 3.05) is 0 Å². The first-order chi connectivity index (χ1) is 9.86. The van der Waals surface area contributed by atoms with Gasteiger partial charge in [0.05, 0.1) is 12.4 Å². The maximum Gasteiger partial charge on any atom is 0.137 e. The van der Waals surface area contributed by atoms with E-state index < -0.39 is 0 Å². The molecule has 2 N–H and O–H groups in total. The second-order valence-electron chi connectivity index (χ2n) is 4.22. The smallest absolute Gasteiger partial charge is 0.137 e. The molecule has 0 spiro atoms. The summed E-state index contributed by atoms with van der Waals surface area (Å²) in [6.07, 6.45) is 5.33. The van der Waals surface area contributed by atoms with Crippen LogP contribution in [-0.4, -0.2) is 15.6 Å². The molecule has 4 heteroatoms. The van der Waals surface area contributed by atoms with E-state index >= 15 is 0 Å². The van der Waals surface area contributed by atoms with Crippen LogP contribution in [0.1, 0.15) is 16.8 Å². The average Bonchev–Trinajstić information content (AvgIpc) is 2.90. The number of rotatable bonds is 1. The zero-order valence-electron chi connectivity index (χ0n) is 10.7. The molecule has 0 atom stereocenters. The second kappa shape index (κ2) is 5.29. The second-order valence-corrected chi connectivity index (χ2v) is 4.22. The summed E-state index contributed by atoms with van der Waals surface area (Å²) in [6.45, 7) is 0.